The highest BCUT2D eigenvalue weighted by Crippen LogP contribution is 2.19. The number of methoxy groups -OCH3 is 1. The second-order valence-electron chi connectivity index (χ2n) is 5.30. The van der Waals surface area contributed by atoms with E-state index < -0.39 is 16.1 Å². The highest BCUT2D eigenvalue weighted by molar-refractivity contribution is 7.89. The van der Waals surface area contributed by atoms with Gasteiger partial charge in [0, 0.05) is 18.0 Å². The van der Waals surface area contributed by atoms with Crippen molar-refractivity contribution < 1.29 is 13.2 Å². The fourth-order valence-corrected chi connectivity index (χ4v) is 3.42. The van der Waals surface area contributed by atoms with Crippen LogP contribution in [0.5, 0.6) is 5.75 Å². The summed E-state index contributed by atoms with van der Waals surface area (Å²) in [4.78, 5) is 8.43. The van der Waals surface area contributed by atoms with E-state index in [1.165, 1.54) is 19.2 Å². The molecule has 3 aromatic rings. The largest absolute Gasteiger partial charge is 0.497 e. The first-order valence-corrected chi connectivity index (χ1v) is 8.97. The first-order valence-electron chi connectivity index (χ1n) is 7.48. The number of nitrogens with one attached hydrogen (secondary N) is 2. The summed E-state index contributed by atoms with van der Waals surface area (Å²) in [6.45, 7) is 1.69. The summed E-state index contributed by atoms with van der Waals surface area (Å²) in [5.74, 6) is 1.49. The van der Waals surface area contributed by atoms with Gasteiger partial charge in [-0.2, -0.15) is 5.10 Å². The molecule has 25 heavy (non-hydrogen) atoms. The number of H-pyrrole nitrogens is 1. The molecule has 0 fully saturated rings. The zero-order chi connectivity index (χ0) is 17.9. The number of nitrogens with zero attached hydrogens (tertiary/aromatic N) is 3. The van der Waals surface area contributed by atoms with Gasteiger partial charge in [-0.1, -0.05) is 0 Å². The molecule has 2 heterocycles. The maximum atomic E-state index is 12.5. The first kappa shape index (κ1) is 17.1. The monoisotopic (exact) mass is 359 g/mol. The maximum absolute atomic E-state index is 12.5. The van der Waals surface area contributed by atoms with Crippen LogP contribution >= 0.6 is 0 Å². The number of pyridine rings is 1. The Morgan fingerprint density at radius 1 is 1.12 bits per heavy atom. The fourth-order valence-electron chi connectivity index (χ4n) is 2.21. The minimum atomic E-state index is -3.69. The van der Waals surface area contributed by atoms with Crippen molar-refractivity contribution in [2.75, 3.05) is 7.11 Å². The van der Waals surface area contributed by atoms with Gasteiger partial charge in [-0.3, -0.25) is 10.1 Å². The number of hydrogen-bond donors (Lipinski definition) is 2. The van der Waals surface area contributed by atoms with E-state index in [0.717, 1.165) is 5.56 Å². The second kappa shape index (κ2) is 6.99. The third kappa shape index (κ3) is 3.83. The normalized spacial score (nSPS) is 12.7. The SMILES string of the molecule is COc1ccc(S(=O)(=O)NC(C)c2nc(-c3ccncc3)n[nH]2)cc1. The Morgan fingerprint density at radius 2 is 1.80 bits per heavy atom. The van der Waals surface area contributed by atoms with E-state index in [1.54, 1.807) is 43.6 Å². The topological polar surface area (TPSA) is 110 Å². The van der Waals surface area contributed by atoms with Crippen LogP contribution in [0, 0.1) is 0 Å². The summed E-state index contributed by atoms with van der Waals surface area (Å²) >= 11 is 0. The van der Waals surface area contributed by atoms with E-state index in [9.17, 15) is 8.42 Å². The molecule has 0 saturated heterocycles. The minimum Gasteiger partial charge on any atom is -0.497 e. The molecule has 3 rings (SSSR count). The van der Waals surface area contributed by atoms with Gasteiger partial charge in [0.2, 0.25) is 10.0 Å². The Balaban J connectivity index is 1.77. The molecule has 0 radical (unpaired) electrons. The van der Waals surface area contributed by atoms with Gasteiger partial charge in [-0.15, -0.1) is 0 Å². The van der Waals surface area contributed by atoms with Crippen LogP contribution in [-0.4, -0.2) is 35.7 Å². The molecular formula is C16H17N5O3S. The molecule has 2 aromatic heterocycles. The van der Waals surface area contributed by atoms with Gasteiger partial charge < -0.3 is 4.74 Å². The lowest BCUT2D eigenvalue weighted by Crippen LogP contribution is -2.27. The van der Waals surface area contributed by atoms with Gasteiger partial charge >= 0.3 is 0 Å². The van der Waals surface area contributed by atoms with E-state index in [0.29, 0.717) is 17.4 Å². The number of rotatable bonds is 6. The second-order valence-corrected chi connectivity index (χ2v) is 7.01. The molecule has 0 bridgehead atoms. The minimum absolute atomic E-state index is 0.147. The summed E-state index contributed by atoms with van der Waals surface area (Å²) < 4.78 is 32.6. The first-order chi connectivity index (χ1) is 12.0. The molecule has 1 unspecified atom stereocenters. The summed E-state index contributed by atoms with van der Waals surface area (Å²) in [6.07, 6.45) is 3.28. The van der Waals surface area contributed by atoms with E-state index in [-0.39, 0.29) is 4.90 Å². The molecular weight excluding hydrogens is 342 g/mol. The van der Waals surface area contributed by atoms with Crippen molar-refractivity contribution in [1.82, 2.24) is 24.9 Å². The summed E-state index contributed by atoms with van der Waals surface area (Å²) in [5.41, 5.74) is 0.794. The zero-order valence-electron chi connectivity index (χ0n) is 13.7. The molecule has 1 aromatic carbocycles. The Labute approximate surface area is 145 Å². The summed E-state index contributed by atoms with van der Waals surface area (Å²) in [7, 11) is -2.17. The summed E-state index contributed by atoms with van der Waals surface area (Å²) in [5, 5.41) is 6.89. The molecule has 0 aliphatic heterocycles. The molecule has 130 valence electrons. The molecule has 9 heteroatoms. The average Bonchev–Trinajstić information content (AvgIpc) is 3.12. The van der Waals surface area contributed by atoms with Crippen molar-refractivity contribution >= 4 is 10.0 Å². The van der Waals surface area contributed by atoms with Crippen molar-refractivity contribution in [1.29, 1.82) is 0 Å². The summed E-state index contributed by atoms with van der Waals surface area (Å²) in [6, 6.07) is 9.13. The van der Waals surface area contributed by atoms with Crippen molar-refractivity contribution in [2.24, 2.45) is 0 Å². The van der Waals surface area contributed by atoms with Crippen LogP contribution in [-0.2, 0) is 10.0 Å². The third-order valence-corrected chi connectivity index (χ3v) is 5.11. The molecule has 0 aliphatic carbocycles. The highest BCUT2D eigenvalue weighted by Gasteiger charge is 2.21. The number of ether oxygens (including phenoxy) is 1. The van der Waals surface area contributed by atoms with Crippen molar-refractivity contribution in [3.8, 4) is 17.1 Å². The lowest BCUT2D eigenvalue weighted by atomic mass is 10.2. The van der Waals surface area contributed by atoms with Crippen molar-refractivity contribution in [2.45, 2.75) is 17.9 Å². The average molecular weight is 359 g/mol. The maximum Gasteiger partial charge on any atom is 0.241 e. The van der Waals surface area contributed by atoms with Crippen molar-refractivity contribution in [3.05, 3.63) is 54.6 Å². The van der Waals surface area contributed by atoms with Gasteiger partial charge in [0.05, 0.1) is 18.0 Å². The molecule has 0 saturated carbocycles. The Bertz CT molecular complexity index is 939. The molecule has 2 N–H and O–H groups in total. The van der Waals surface area contributed by atoms with Crippen LogP contribution in [0.25, 0.3) is 11.4 Å². The molecule has 8 nitrogen and oxygen atoms in total. The lowest BCUT2D eigenvalue weighted by molar-refractivity contribution is 0.414. The number of hydrogen-bond acceptors (Lipinski definition) is 6. The standard InChI is InChI=1S/C16H17N5O3S/c1-11(15-18-16(20-19-15)12-7-9-17-10-8-12)21-25(22,23)14-5-3-13(24-2)4-6-14/h3-11,21H,1-2H3,(H,18,19,20). The van der Waals surface area contributed by atoms with Crippen LogP contribution in [0.15, 0.2) is 53.7 Å². The molecule has 0 aliphatic rings. The third-order valence-electron chi connectivity index (χ3n) is 3.55. The molecule has 0 spiro atoms. The quantitative estimate of drug-likeness (QED) is 0.696. The fraction of sp³-hybridized carbons (Fsp3) is 0.188. The van der Waals surface area contributed by atoms with Crippen molar-refractivity contribution in [3.63, 3.8) is 0 Å². The van der Waals surface area contributed by atoms with Gasteiger partial charge in [0.1, 0.15) is 11.6 Å². The van der Waals surface area contributed by atoms with Gasteiger partial charge in [0.25, 0.3) is 0 Å². The molecule has 0 amide bonds. The van der Waals surface area contributed by atoms with E-state index in [4.69, 9.17) is 4.74 Å². The highest BCUT2D eigenvalue weighted by atomic mass is 32.2. The van der Waals surface area contributed by atoms with Gasteiger partial charge in [-0.25, -0.2) is 18.1 Å². The zero-order valence-corrected chi connectivity index (χ0v) is 14.5. The number of benzene rings is 1. The number of sulfonamides is 1. The van der Waals surface area contributed by atoms with Crippen LogP contribution in [0.3, 0.4) is 0 Å². The predicted molar refractivity (Wildman–Crippen MR) is 91.3 cm³/mol. The Hall–Kier alpha value is -2.78. The van der Waals surface area contributed by atoms with Gasteiger partial charge in [-0.05, 0) is 43.3 Å². The van der Waals surface area contributed by atoms with Crippen LogP contribution < -0.4 is 9.46 Å². The Kier molecular flexibility index (Phi) is 4.77. The van der Waals surface area contributed by atoms with Gasteiger partial charge in [0.15, 0.2) is 5.82 Å². The number of aromatic amines is 1. The van der Waals surface area contributed by atoms with E-state index in [2.05, 4.69) is 24.9 Å². The van der Waals surface area contributed by atoms with Crippen LogP contribution in [0.4, 0.5) is 0 Å². The smallest absolute Gasteiger partial charge is 0.241 e. The lowest BCUT2D eigenvalue weighted by Gasteiger charge is -2.12. The van der Waals surface area contributed by atoms with E-state index in [1.807, 2.05) is 0 Å². The Morgan fingerprint density at radius 3 is 2.44 bits per heavy atom. The van der Waals surface area contributed by atoms with Crippen LogP contribution in [0.2, 0.25) is 0 Å². The predicted octanol–water partition coefficient (Wildman–Crippen LogP) is 1.91. The van der Waals surface area contributed by atoms with Crippen LogP contribution in [0.1, 0.15) is 18.8 Å². The van der Waals surface area contributed by atoms with E-state index >= 15 is 0 Å². The number of aromatic nitrogens is 4. The molecule has 1 atom stereocenters.